The molecule has 2 bridgehead atoms. The fourth-order valence-corrected chi connectivity index (χ4v) is 3.74. The number of piperidine rings is 1. The van der Waals surface area contributed by atoms with E-state index < -0.39 is 6.10 Å². The summed E-state index contributed by atoms with van der Waals surface area (Å²) in [4.78, 5) is 20.0. The van der Waals surface area contributed by atoms with Crippen LogP contribution in [0.2, 0.25) is 0 Å². The van der Waals surface area contributed by atoms with Crippen LogP contribution in [-0.2, 0) is 9.63 Å². The van der Waals surface area contributed by atoms with Crippen LogP contribution in [0.4, 0.5) is 4.39 Å². The zero-order valence-corrected chi connectivity index (χ0v) is 12.9. The molecule has 23 heavy (non-hydrogen) atoms. The second-order valence-corrected chi connectivity index (χ2v) is 6.58. The number of halogens is 1. The van der Waals surface area contributed by atoms with Gasteiger partial charge in [0.2, 0.25) is 6.10 Å². The van der Waals surface area contributed by atoms with Gasteiger partial charge in [-0.05, 0) is 25.0 Å². The average Bonchev–Trinajstić information content (AvgIpc) is 3.04. The third-order valence-electron chi connectivity index (χ3n) is 4.87. The van der Waals surface area contributed by atoms with Crippen molar-refractivity contribution in [3.05, 3.63) is 35.6 Å². The maximum atomic E-state index is 13.3. The van der Waals surface area contributed by atoms with Crippen LogP contribution in [0.15, 0.2) is 29.4 Å². The number of benzene rings is 1. The van der Waals surface area contributed by atoms with E-state index in [1.54, 1.807) is 12.1 Å². The Hall–Kier alpha value is -1.95. The molecule has 3 heterocycles. The van der Waals surface area contributed by atoms with Gasteiger partial charge in [0.05, 0.1) is 5.71 Å². The van der Waals surface area contributed by atoms with Crippen molar-refractivity contribution < 1.29 is 14.0 Å². The molecule has 1 amide bonds. The van der Waals surface area contributed by atoms with Crippen molar-refractivity contribution in [2.24, 2.45) is 5.16 Å². The highest BCUT2D eigenvalue weighted by molar-refractivity contribution is 6.04. The highest BCUT2D eigenvalue weighted by atomic mass is 19.1. The number of likely N-dealkylation sites (tertiary alicyclic amines) is 1. The molecule has 2 saturated heterocycles. The molecule has 0 spiro atoms. The van der Waals surface area contributed by atoms with Gasteiger partial charge in [-0.3, -0.25) is 4.79 Å². The van der Waals surface area contributed by atoms with E-state index in [1.165, 1.54) is 18.6 Å². The van der Waals surface area contributed by atoms with Gasteiger partial charge in [0.1, 0.15) is 5.82 Å². The first-order valence-corrected chi connectivity index (χ1v) is 8.22. The SMILES string of the molecule is O=C(C1CC(c2cccc(F)c2)=NO1)N1CC2CCCC(C1)N2. The molecule has 0 radical (unpaired) electrons. The fourth-order valence-electron chi connectivity index (χ4n) is 3.74. The van der Waals surface area contributed by atoms with Gasteiger partial charge in [-0.25, -0.2) is 4.39 Å². The number of hydrogen-bond acceptors (Lipinski definition) is 4. The van der Waals surface area contributed by atoms with E-state index in [1.807, 2.05) is 4.90 Å². The van der Waals surface area contributed by atoms with E-state index in [4.69, 9.17) is 4.84 Å². The first-order valence-electron chi connectivity index (χ1n) is 8.22. The Labute approximate surface area is 134 Å². The van der Waals surface area contributed by atoms with Crippen molar-refractivity contribution in [1.82, 2.24) is 10.2 Å². The number of nitrogens with zero attached hydrogens (tertiary/aromatic N) is 2. The molecule has 0 aliphatic carbocycles. The van der Waals surface area contributed by atoms with Crippen LogP contribution in [0.25, 0.3) is 0 Å². The highest BCUT2D eigenvalue weighted by Gasteiger charge is 2.37. The second-order valence-electron chi connectivity index (χ2n) is 6.58. The summed E-state index contributed by atoms with van der Waals surface area (Å²) in [5, 5.41) is 7.57. The molecule has 3 aliphatic rings. The molecule has 3 atom stereocenters. The molecule has 3 aliphatic heterocycles. The third kappa shape index (κ3) is 2.95. The molecular formula is C17H20FN3O2. The Morgan fingerprint density at radius 1 is 1.30 bits per heavy atom. The first-order chi connectivity index (χ1) is 11.2. The number of rotatable bonds is 2. The second kappa shape index (κ2) is 5.92. The molecule has 0 saturated carbocycles. The van der Waals surface area contributed by atoms with Gasteiger partial charge in [-0.2, -0.15) is 0 Å². The predicted octanol–water partition coefficient (Wildman–Crippen LogP) is 1.67. The summed E-state index contributed by atoms with van der Waals surface area (Å²) in [5.41, 5.74) is 1.32. The molecule has 6 heteroatoms. The topological polar surface area (TPSA) is 53.9 Å². The molecule has 2 fully saturated rings. The van der Waals surface area contributed by atoms with Crippen molar-refractivity contribution in [1.29, 1.82) is 0 Å². The minimum Gasteiger partial charge on any atom is -0.382 e. The van der Waals surface area contributed by atoms with Crippen LogP contribution < -0.4 is 5.32 Å². The average molecular weight is 317 g/mol. The zero-order chi connectivity index (χ0) is 15.8. The van der Waals surface area contributed by atoms with Gasteiger partial charge in [-0.1, -0.05) is 23.7 Å². The molecule has 1 N–H and O–H groups in total. The maximum absolute atomic E-state index is 13.3. The van der Waals surface area contributed by atoms with E-state index >= 15 is 0 Å². The first kappa shape index (κ1) is 14.6. The lowest BCUT2D eigenvalue weighted by atomic mass is 9.93. The summed E-state index contributed by atoms with van der Waals surface area (Å²) in [6.07, 6.45) is 3.30. The van der Waals surface area contributed by atoms with Gasteiger partial charge in [0.25, 0.3) is 5.91 Å². The molecule has 1 aromatic rings. The summed E-state index contributed by atoms with van der Waals surface area (Å²) in [7, 11) is 0. The lowest BCUT2D eigenvalue weighted by molar-refractivity contribution is -0.144. The Balaban J connectivity index is 1.41. The minimum absolute atomic E-state index is 0.00134. The summed E-state index contributed by atoms with van der Waals surface area (Å²) in [5.74, 6) is -0.312. The molecule has 3 unspecified atom stereocenters. The Morgan fingerprint density at radius 3 is 2.83 bits per heavy atom. The number of carbonyl (C=O) groups excluding carboxylic acids is 1. The van der Waals surface area contributed by atoms with Crippen LogP contribution in [0.3, 0.4) is 0 Å². The van der Waals surface area contributed by atoms with Gasteiger partial charge in [-0.15, -0.1) is 0 Å². The predicted molar refractivity (Wildman–Crippen MR) is 83.6 cm³/mol. The van der Waals surface area contributed by atoms with Crippen molar-refractivity contribution >= 4 is 11.6 Å². The lowest BCUT2D eigenvalue weighted by Gasteiger charge is -2.42. The zero-order valence-electron chi connectivity index (χ0n) is 12.9. The monoisotopic (exact) mass is 317 g/mol. The van der Waals surface area contributed by atoms with Crippen molar-refractivity contribution in [3.8, 4) is 0 Å². The van der Waals surface area contributed by atoms with Gasteiger partial charge in [0.15, 0.2) is 0 Å². The summed E-state index contributed by atoms with van der Waals surface area (Å²) < 4.78 is 13.3. The maximum Gasteiger partial charge on any atom is 0.267 e. The van der Waals surface area contributed by atoms with Crippen LogP contribution in [0, 0.1) is 5.82 Å². The molecule has 4 rings (SSSR count). The standard InChI is InChI=1S/C17H20FN3O2/c18-12-4-1-3-11(7-12)15-8-16(23-20-15)17(22)21-9-13-5-2-6-14(10-21)19-13/h1,3-4,7,13-14,16,19H,2,5-6,8-10H2. The summed E-state index contributed by atoms with van der Waals surface area (Å²) >= 11 is 0. The molecular weight excluding hydrogens is 297 g/mol. The number of fused-ring (bicyclic) bond motifs is 2. The quantitative estimate of drug-likeness (QED) is 0.903. The van der Waals surface area contributed by atoms with E-state index in [2.05, 4.69) is 10.5 Å². The largest absolute Gasteiger partial charge is 0.382 e. The number of piperazine rings is 1. The number of nitrogens with one attached hydrogen (secondary N) is 1. The number of carbonyl (C=O) groups is 1. The van der Waals surface area contributed by atoms with E-state index in [-0.39, 0.29) is 11.7 Å². The smallest absolute Gasteiger partial charge is 0.267 e. The van der Waals surface area contributed by atoms with Gasteiger partial charge < -0.3 is 15.1 Å². The van der Waals surface area contributed by atoms with Crippen LogP contribution in [0.5, 0.6) is 0 Å². The van der Waals surface area contributed by atoms with Crippen LogP contribution in [-0.4, -0.2) is 47.8 Å². The van der Waals surface area contributed by atoms with Crippen molar-refractivity contribution in [2.75, 3.05) is 13.1 Å². The Kier molecular flexibility index (Phi) is 3.77. The number of oxime groups is 1. The Bertz CT molecular complexity index is 636. The van der Waals surface area contributed by atoms with Crippen molar-refractivity contribution in [2.45, 2.75) is 43.9 Å². The van der Waals surface area contributed by atoms with Crippen LogP contribution in [0.1, 0.15) is 31.2 Å². The summed E-state index contributed by atoms with van der Waals surface area (Å²) in [6.45, 7) is 1.48. The molecule has 1 aromatic carbocycles. The summed E-state index contributed by atoms with van der Waals surface area (Å²) in [6, 6.07) is 7.03. The number of amides is 1. The fraction of sp³-hybridized carbons (Fsp3) is 0.529. The van der Waals surface area contributed by atoms with E-state index in [9.17, 15) is 9.18 Å². The van der Waals surface area contributed by atoms with Crippen molar-refractivity contribution in [3.63, 3.8) is 0 Å². The normalized spacial score (nSPS) is 29.9. The van der Waals surface area contributed by atoms with Crippen LogP contribution >= 0.6 is 0 Å². The molecule has 5 nitrogen and oxygen atoms in total. The van der Waals surface area contributed by atoms with E-state index in [0.29, 0.717) is 29.8 Å². The Morgan fingerprint density at radius 2 is 2.09 bits per heavy atom. The molecule has 122 valence electrons. The number of hydrogen-bond donors (Lipinski definition) is 1. The lowest BCUT2D eigenvalue weighted by Crippen LogP contribution is -2.61. The minimum atomic E-state index is -0.577. The van der Waals surface area contributed by atoms with Gasteiger partial charge >= 0.3 is 0 Å². The van der Waals surface area contributed by atoms with Gasteiger partial charge in [0, 0.05) is 37.2 Å². The molecule has 0 aromatic heterocycles. The highest BCUT2D eigenvalue weighted by Crippen LogP contribution is 2.23. The van der Waals surface area contributed by atoms with E-state index in [0.717, 1.165) is 25.9 Å². The third-order valence-corrected chi connectivity index (χ3v) is 4.87.